The van der Waals surface area contributed by atoms with E-state index in [0.29, 0.717) is 17.2 Å². The summed E-state index contributed by atoms with van der Waals surface area (Å²) in [7, 11) is 0. The summed E-state index contributed by atoms with van der Waals surface area (Å²) in [5.74, 6) is 0.363. The number of guanidine groups is 1. The number of likely N-dealkylation sites (tertiary alicyclic amines) is 1. The molecule has 0 amide bonds. The fourth-order valence-electron chi connectivity index (χ4n) is 4.28. The predicted molar refractivity (Wildman–Crippen MR) is 111 cm³/mol. The minimum atomic E-state index is -0.376. The van der Waals surface area contributed by atoms with E-state index in [1.165, 1.54) is 38.2 Å². The molecular formula is C22H32FN5. The first-order valence-corrected chi connectivity index (χ1v) is 10.7. The van der Waals surface area contributed by atoms with E-state index in [0.717, 1.165) is 44.5 Å². The summed E-state index contributed by atoms with van der Waals surface area (Å²) in [6, 6.07) is 7.70. The van der Waals surface area contributed by atoms with Crippen LogP contribution < -0.4 is 10.6 Å². The van der Waals surface area contributed by atoms with Crippen molar-refractivity contribution < 1.29 is 4.39 Å². The first-order chi connectivity index (χ1) is 13.7. The van der Waals surface area contributed by atoms with Crippen molar-refractivity contribution in [1.82, 2.24) is 15.5 Å². The second-order valence-electron chi connectivity index (χ2n) is 7.86. The van der Waals surface area contributed by atoms with Gasteiger partial charge in [-0.25, -0.2) is 9.38 Å². The molecule has 0 unspecified atom stereocenters. The Morgan fingerprint density at radius 3 is 2.61 bits per heavy atom. The molecule has 3 rings (SSSR count). The Kier molecular flexibility index (Phi) is 7.67. The average Bonchev–Trinajstić information content (AvgIpc) is 2.74. The van der Waals surface area contributed by atoms with Gasteiger partial charge < -0.3 is 15.5 Å². The third-order valence-corrected chi connectivity index (χ3v) is 5.90. The first-order valence-electron chi connectivity index (χ1n) is 10.7. The van der Waals surface area contributed by atoms with Crippen LogP contribution in [0.3, 0.4) is 0 Å². The summed E-state index contributed by atoms with van der Waals surface area (Å²) < 4.78 is 14.1. The molecule has 2 fully saturated rings. The maximum atomic E-state index is 14.1. The van der Waals surface area contributed by atoms with Gasteiger partial charge in [0.1, 0.15) is 5.82 Å². The molecule has 1 saturated heterocycles. The van der Waals surface area contributed by atoms with E-state index >= 15 is 0 Å². The lowest BCUT2D eigenvalue weighted by Gasteiger charge is -2.39. The maximum Gasteiger partial charge on any atom is 0.191 e. The van der Waals surface area contributed by atoms with Gasteiger partial charge in [0.15, 0.2) is 5.96 Å². The number of aliphatic imine (C=N–C) groups is 1. The molecule has 1 aromatic carbocycles. The molecule has 2 N–H and O–H groups in total. The van der Waals surface area contributed by atoms with Crippen LogP contribution >= 0.6 is 0 Å². The molecule has 6 heteroatoms. The second-order valence-corrected chi connectivity index (χ2v) is 7.86. The molecule has 152 valence electrons. The van der Waals surface area contributed by atoms with Crippen LogP contribution in [0.1, 0.15) is 63.0 Å². The van der Waals surface area contributed by atoms with Gasteiger partial charge >= 0.3 is 0 Å². The number of hydrogen-bond donors (Lipinski definition) is 2. The van der Waals surface area contributed by atoms with Gasteiger partial charge in [0, 0.05) is 37.3 Å². The van der Waals surface area contributed by atoms with Gasteiger partial charge in [-0.1, -0.05) is 25.3 Å². The van der Waals surface area contributed by atoms with Gasteiger partial charge in [-0.2, -0.15) is 5.26 Å². The SMILES string of the molecule is CCNC(=NCc1ccc(C#N)cc1F)NC1CCN(C2CCCCC2)CC1. The fraction of sp³-hybridized carbons (Fsp3) is 0.636. The zero-order valence-electron chi connectivity index (χ0n) is 16.9. The van der Waals surface area contributed by atoms with E-state index in [1.54, 1.807) is 12.1 Å². The maximum absolute atomic E-state index is 14.1. The molecule has 0 spiro atoms. The standard InChI is InChI=1S/C22H32FN5/c1-2-25-22(26-16-18-9-8-17(15-24)14-21(18)23)27-19-10-12-28(13-11-19)20-6-4-3-5-7-20/h8-9,14,19-20H,2-7,10-13,16H2,1H3,(H2,25,26,27). The summed E-state index contributed by atoms with van der Waals surface area (Å²) in [6.45, 7) is 5.35. The van der Waals surface area contributed by atoms with Crippen LogP contribution in [-0.2, 0) is 6.54 Å². The normalized spacial score (nSPS) is 20.0. The number of rotatable bonds is 5. The predicted octanol–water partition coefficient (Wildman–Crippen LogP) is 3.55. The summed E-state index contributed by atoms with van der Waals surface area (Å²) in [4.78, 5) is 7.24. The monoisotopic (exact) mass is 385 g/mol. The molecule has 28 heavy (non-hydrogen) atoms. The molecule has 1 aromatic rings. The van der Waals surface area contributed by atoms with Crippen molar-refractivity contribution in [2.24, 2.45) is 4.99 Å². The van der Waals surface area contributed by atoms with Gasteiger partial charge in [-0.3, -0.25) is 0 Å². The first kappa shape index (κ1) is 20.6. The lowest BCUT2D eigenvalue weighted by atomic mass is 9.92. The summed E-state index contributed by atoms with van der Waals surface area (Å²) in [5.41, 5.74) is 0.836. The Morgan fingerprint density at radius 2 is 1.96 bits per heavy atom. The van der Waals surface area contributed by atoms with E-state index in [-0.39, 0.29) is 12.4 Å². The molecule has 1 saturated carbocycles. The van der Waals surface area contributed by atoms with Gasteiger partial charge in [0.2, 0.25) is 0 Å². The highest BCUT2D eigenvalue weighted by atomic mass is 19.1. The highest BCUT2D eigenvalue weighted by molar-refractivity contribution is 5.80. The topological polar surface area (TPSA) is 63.5 Å². The van der Waals surface area contributed by atoms with Crippen LogP contribution in [0.15, 0.2) is 23.2 Å². The van der Waals surface area contributed by atoms with Gasteiger partial charge in [0.05, 0.1) is 18.2 Å². The second kappa shape index (κ2) is 10.4. The van der Waals surface area contributed by atoms with Crippen LogP contribution in [0.5, 0.6) is 0 Å². The highest BCUT2D eigenvalue weighted by Crippen LogP contribution is 2.25. The van der Waals surface area contributed by atoms with Crippen LogP contribution in [0.2, 0.25) is 0 Å². The van der Waals surface area contributed by atoms with Crippen LogP contribution in [0, 0.1) is 17.1 Å². The number of nitrogens with zero attached hydrogens (tertiary/aromatic N) is 3. The number of nitrogens with one attached hydrogen (secondary N) is 2. The lowest BCUT2D eigenvalue weighted by Crippen LogP contribution is -2.50. The highest BCUT2D eigenvalue weighted by Gasteiger charge is 2.26. The third kappa shape index (κ3) is 5.68. The minimum absolute atomic E-state index is 0.258. The van der Waals surface area contributed by atoms with Crippen LogP contribution in [-0.4, -0.2) is 42.6 Å². The molecule has 0 aromatic heterocycles. The molecular weight excluding hydrogens is 353 g/mol. The van der Waals surface area contributed by atoms with Crippen molar-refractivity contribution in [1.29, 1.82) is 5.26 Å². The van der Waals surface area contributed by atoms with E-state index in [4.69, 9.17) is 5.26 Å². The molecule has 0 radical (unpaired) electrons. The lowest BCUT2D eigenvalue weighted by molar-refractivity contribution is 0.119. The van der Waals surface area contributed by atoms with Gasteiger partial charge in [-0.05, 0) is 44.7 Å². The molecule has 1 aliphatic carbocycles. The third-order valence-electron chi connectivity index (χ3n) is 5.90. The van der Waals surface area contributed by atoms with Gasteiger partial charge in [0.25, 0.3) is 0 Å². The number of nitriles is 1. The average molecular weight is 386 g/mol. The van der Waals surface area contributed by atoms with E-state index in [2.05, 4.69) is 20.5 Å². The van der Waals surface area contributed by atoms with E-state index in [9.17, 15) is 4.39 Å². The van der Waals surface area contributed by atoms with Crippen LogP contribution in [0.25, 0.3) is 0 Å². The zero-order valence-corrected chi connectivity index (χ0v) is 16.9. The Balaban J connectivity index is 1.53. The van der Waals surface area contributed by atoms with Crippen molar-refractivity contribution >= 4 is 5.96 Å². The molecule has 1 aliphatic heterocycles. The molecule has 5 nitrogen and oxygen atoms in total. The smallest absolute Gasteiger partial charge is 0.191 e. The Hall–Kier alpha value is -2.13. The molecule has 0 bridgehead atoms. The number of hydrogen-bond acceptors (Lipinski definition) is 3. The van der Waals surface area contributed by atoms with E-state index < -0.39 is 0 Å². The number of piperidine rings is 1. The van der Waals surface area contributed by atoms with Crippen molar-refractivity contribution in [2.45, 2.75) is 70.5 Å². The van der Waals surface area contributed by atoms with Crippen LogP contribution in [0.4, 0.5) is 4.39 Å². The molecule has 1 heterocycles. The molecule has 2 aliphatic rings. The van der Waals surface area contributed by atoms with Crippen molar-refractivity contribution in [2.75, 3.05) is 19.6 Å². The Bertz CT molecular complexity index is 697. The molecule has 0 atom stereocenters. The summed E-state index contributed by atoms with van der Waals surface area (Å²) in [6.07, 6.45) is 9.11. The fourth-order valence-corrected chi connectivity index (χ4v) is 4.28. The van der Waals surface area contributed by atoms with Crippen molar-refractivity contribution in [3.8, 4) is 6.07 Å². The summed E-state index contributed by atoms with van der Waals surface area (Å²) >= 11 is 0. The zero-order chi connectivity index (χ0) is 19.8. The van der Waals surface area contributed by atoms with Gasteiger partial charge in [-0.15, -0.1) is 0 Å². The number of halogens is 1. The quantitative estimate of drug-likeness (QED) is 0.601. The largest absolute Gasteiger partial charge is 0.357 e. The van der Waals surface area contributed by atoms with Crippen molar-refractivity contribution in [3.05, 3.63) is 35.1 Å². The van der Waals surface area contributed by atoms with Crippen molar-refractivity contribution in [3.63, 3.8) is 0 Å². The number of benzene rings is 1. The minimum Gasteiger partial charge on any atom is -0.357 e. The van der Waals surface area contributed by atoms with E-state index in [1.807, 2.05) is 13.0 Å². The summed E-state index contributed by atoms with van der Waals surface area (Å²) in [5, 5.41) is 15.7. The Labute approximate surface area is 168 Å². The Morgan fingerprint density at radius 1 is 1.21 bits per heavy atom.